The van der Waals surface area contributed by atoms with Gasteiger partial charge < -0.3 is 23.7 Å². The summed E-state index contributed by atoms with van der Waals surface area (Å²) in [6.45, 7) is 9.33. The zero-order chi connectivity index (χ0) is 28.4. The number of allylic oxidation sites excluding steroid dienone is 3. The Bertz CT molecular complexity index is 985. The molecule has 0 saturated heterocycles. The van der Waals surface area contributed by atoms with Crippen LogP contribution in [0, 0.1) is 40.4 Å². The van der Waals surface area contributed by atoms with Crippen LogP contribution in [0.1, 0.15) is 91.9 Å². The highest BCUT2D eigenvalue weighted by atomic mass is 16.7. The van der Waals surface area contributed by atoms with E-state index in [0.717, 1.165) is 44.0 Å². The lowest BCUT2D eigenvalue weighted by atomic mass is 9.49. The number of rotatable bonds is 9. The Morgan fingerprint density at radius 1 is 1.05 bits per heavy atom. The van der Waals surface area contributed by atoms with Crippen molar-refractivity contribution in [1.29, 1.82) is 0 Å². The summed E-state index contributed by atoms with van der Waals surface area (Å²) in [4.78, 5) is 35.8. The molecule has 4 aliphatic carbocycles. The Morgan fingerprint density at radius 2 is 1.77 bits per heavy atom. The van der Waals surface area contributed by atoms with Gasteiger partial charge in [-0.2, -0.15) is 0 Å². The highest BCUT2D eigenvalue weighted by molar-refractivity contribution is 5.61. The van der Waals surface area contributed by atoms with Crippen molar-refractivity contribution in [3.05, 3.63) is 23.3 Å². The van der Waals surface area contributed by atoms with Crippen LogP contribution in [0.15, 0.2) is 23.3 Å². The van der Waals surface area contributed by atoms with E-state index in [-0.39, 0.29) is 16.7 Å². The monoisotopic (exact) mass is 544 g/mol. The number of hydrogen-bond donors (Lipinski definition) is 0. The predicted molar refractivity (Wildman–Crippen MR) is 148 cm³/mol. The number of carbonyl (C=O) groups is 3. The zero-order valence-corrected chi connectivity index (χ0v) is 24.7. The second-order valence-electron chi connectivity index (χ2n) is 12.8. The Kier molecular flexibility index (Phi) is 9.17. The van der Waals surface area contributed by atoms with Gasteiger partial charge in [0.1, 0.15) is 18.5 Å². The summed E-state index contributed by atoms with van der Waals surface area (Å²) >= 11 is 0. The van der Waals surface area contributed by atoms with E-state index in [1.54, 1.807) is 0 Å². The number of ether oxygens (including phenoxy) is 4. The maximum absolute atomic E-state index is 12.3. The number of fused-ring (bicyclic) bond motifs is 5. The van der Waals surface area contributed by atoms with Crippen LogP contribution in [0.25, 0.3) is 0 Å². The molecule has 0 aromatic heterocycles. The van der Waals surface area contributed by atoms with Crippen LogP contribution in [0.4, 0.5) is 9.59 Å². The standard InChI is InChI=1S/C32H48O7/c1-7-8-9-21(15-17-33)20(2)25-12-13-26-24-11-10-22-18-23(38-29(34)36-5)19-28(39-30(35)37-6)32(22,4)27(24)14-16-31(25,26)3/h10-11,17,20-21,23,25-28H,7-9,12-16,18-19H2,1-6H3/t20-,21-,23-,25-,26+,27+,28+,31-,32+/m1/s1. The molecule has 0 N–H and O–H groups in total. The molecule has 218 valence electrons. The van der Waals surface area contributed by atoms with Gasteiger partial charge in [-0.25, -0.2) is 9.59 Å². The van der Waals surface area contributed by atoms with E-state index >= 15 is 0 Å². The molecule has 0 unspecified atom stereocenters. The van der Waals surface area contributed by atoms with Crippen LogP contribution < -0.4 is 0 Å². The maximum atomic E-state index is 12.3. The lowest BCUT2D eigenvalue weighted by Crippen LogP contribution is -2.54. The minimum atomic E-state index is -0.723. The van der Waals surface area contributed by atoms with E-state index in [2.05, 4.69) is 39.8 Å². The predicted octanol–water partition coefficient (Wildman–Crippen LogP) is 7.43. The molecule has 0 aliphatic heterocycles. The van der Waals surface area contributed by atoms with Crippen molar-refractivity contribution in [3.8, 4) is 0 Å². The number of unbranched alkanes of at least 4 members (excludes halogenated alkanes) is 1. The molecule has 9 atom stereocenters. The number of hydrogen-bond acceptors (Lipinski definition) is 7. The van der Waals surface area contributed by atoms with Crippen LogP contribution in [0.5, 0.6) is 0 Å². The van der Waals surface area contributed by atoms with Crippen molar-refractivity contribution >= 4 is 18.6 Å². The fourth-order valence-electron chi connectivity index (χ4n) is 9.03. The molecule has 0 bridgehead atoms. The van der Waals surface area contributed by atoms with Crippen LogP contribution >= 0.6 is 0 Å². The van der Waals surface area contributed by atoms with E-state index < -0.39 is 24.5 Å². The number of methoxy groups -OCH3 is 2. The second-order valence-corrected chi connectivity index (χ2v) is 12.8. The molecule has 7 nitrogen and oxygen atoms in total. The molecule has 3 saturated carbocycles. The van der Waals surface area contributed by atoms with Crippen LogP contribution in [0.3, 0.4) is 0 Å². The fourth-order valence-corrected chi connectivity index (χ4v) is 9.03. The Labute approximate surface area is 234 Å². The van der Waals surface area contributed by atoms with Gasteiger partial charge in [0.25, 0.3) is 0 Å². The van der Waals surface area contributed by atoms with Gasteiger partial charge in [-0.1, -0.05) is 63.8 Å². The fraction of sp³-hybridized carbons (Fsp3) is 0.781. The van der Waals surface area contributed by atoms with Crippen molar-refractivity contribution in [2.24, 2.45) is 40.4 Å². The lowest BCUT2D eigenvalue weighted by Gasteiger charge is -2.57. The van der Waals surface area contributed by atoms with Gasteiger partial charge in [0.15, 0.2) is 0 Å². The van der Waals surface area contributed by atoms with Gasteiger partial charge in [-0.05, 0) is 67.1 Å². The van der Waals surface area contributed by atoms with E-state index in [1.807, 2.05) is 0 Å². The van der Waals surface area contributed by atoms with Gasteiger partial charge in [-0.3, -0.25) is 0 Å². The first-order chi connectivity index (χ1) is 18.6. The molecule has 0 amide bonds. The van der Waals surface area contributed by atoms with E-state index in [9.17, 15) is 14.4 Å². The number of carbonyl (C=O) groups excluding carboxylic acids is 3. The smallest absolute Gasteiger partial charge is 0.438 e. The molecule has 4 aliphatic rings. The zero-order valence-electron chi connectivity index (χ0n) is 24.7. The third-order valence-electron chi connectivity index (χ3n) is 11.2. The van der Waals surface area contributed by atoms with E-state index in [1.165, 1.54) is 32.6 Å². The SMILES string of the molecule is CCCC[C@H](CC=O)[C@@H](C)[C@H]1CC[C@H]2C3=CC=C4C[C@@H](OC(=O)OC)C[C@H](OC(=O)OC)[C@]4(C)[C@H]3CC[C@]12C. The van der Waals surface area contributed by atoms with Crippen molar-refractivity contribution in [2.75, 3.05) is 14.2 Å². The summed E-state index contributed by atoms with van der Waals surface area (Å²) in [6.07, 6.45) is 12.9. The number of aldehydes is 1. The van der Waals surface area contributed by atoms with Crippen molar-refractivity contribution < 1.29 is 33.3 Å². The first-order valence-electron chi connectivity index (χ1n) is 15.0. The van der Waals surface area contributed by atoms with Crippen molar-refractivity contribution in [1.82, 2.24) is 0 Å². The molecule has 0 radical (unpaired) electrons. The summed E-state index contributed by atoms with van der Waals surface area (Å²) in [5.41, 5.74) is 2.44. The molecule has 4 rings (SSSR count). The summed E-state index contributed by atoms with van der Waals surface area (Å²) in [6, 6.07) is 0. The van der Waals surface area contributed by atoms with Gasteiger partial charge >= 0.3 is 12.3 Å². The maximum Gasteiger partial charge on any atom is 0.508 e. The summed E-state index contributed by atoms with van der Waals surface area (Å²) < 4.78 is 21.1. The third-order valence-corrected chi connectivity index (χ3v) is 11.2. The van der Waals surface area contributed by atoms with Crippen molar-refractivity contribution in [3.63, 3.8) is 0 Å². The van der Waals surface area contributed by atoms with Gasteiger partial charge in [0, 0.05) is 24.7 Å². The molecular formula is C32H48O7. The minimum absolute atomic E-state index is 0.195. The average molecular weight is 545 g/mol. The Balaban J connectivity index is 1.63. The lowest BCUT2D eigenvalue weighted by molar-refractivity contribution is -0.109. The molecule has 0 spiro atoms. The normalized spacial score (nSPS) is 36.6. The van der Waals surface area contributed by atoms with Crippen LogP contribution in [-0.4, -0.2) is 45.0 Å². The quantitative estimate of drug-likeness (QED) is 0.220. The molecule has 0 aromatic rings. The average Bonchev–Trinajstić information content (AvgIpc) is 3.28. The second kappa shape index (κ2) is 12.1. The molecule has 3 fully saturated rings. The molecular weight excluding hydrogens is 496 g/mol. The minimum Gasteiger partial charge on any atom is -0.438 e. The summed E-state index contributed by atoms with van der Waals surface area (Å²) in [5, 5.41) is 0. The Morgan fingerprint density at radius 3 is 2.44 bits per heavy atom. The third kappa shape index (κ3) is 5.39. The van der Waals surface area contributed by atoms with Crippen LogP contribution in [-0.2, 0) is 23.7 Å². The highest BCUT2D eigenvalue weighted by Gasteiger charge is 2.60. The summed E-state index contributed by atoms with van der Waals surface area (Å²) in [7, 11) is 2.62. The van der Waals surface area contributed by atoms with Crippen LogP contribution in [0.2, 0.25) is 0 Å². The van der Waals surface area contributed by atoms with Gasteiger partial charge in [0.05, 0.1) is 14.2 Å². The first kappa shape index (κ1) is 29.7. The van der Waals surface area contributed by atoms with E-state index in [0.29, 0.717) is 42.9 Å². The molecule has 0 aromatic carbocycles. The molecule has 7 heteroatoms. The largest absolute Gasteiger partial charge is 0.508 e. The first-order valence-corrected chi connectivity index (χ1v) is 15.0. The van der Waals surface area contributed by atoms with Crippen molar-refractivity contribution in [2.45, 2.75) is 104 Å². The summed E-state index contributed by atoms with van der Waals surface area (Å²) in [5.74, 6) is 2.29. The topological polar surface area (TPSA) is 88.1 Å². The molecule has 0 heterocycles. The highest BCUT2D eigenvalue weighted by Crippen LogP contribution is 2.66. The Hall–Kier alpha value is -2.31. The molecule has 39 heavy (non-hydrogen) atoms. The van der Waals surface area contributed by atoms with Gasteiger partial charge in [-0.15, -0.1) is 0 Å². The van der Waals surface area contributed by atoms with Gasteiger partial charge in [0.2, 0.25) is 0 Å². The van der Waals surface area contributed by atoms with E-state index in [4.69, 9.17) is 18.9 Å².